The Labute approximate surface area is 168 Å². The molecule has 0 bridgehead atoms. The molecule has 0 unspecified atom stereocenters. The molecule has 3 heterocycles. The summed E-state index contributed by atoms with van der Waals surface area (Å²) in [5.74, 6) is 1.41. The third kappa shape index (κ3) is 3.54. The molecule has 0 saturated carbocycles. The number of ether oxygens (including phenoxy) is 2. The van der Waals surface area contributed by atoms with Crippen LogP contribution in [0.4, 0.5) is 0 Å². The van der Waals surface area contributed by atoms with E-state index in [4.69, 9.17) is 14.5 Å². The first-order chi connectivity index (χ1) is 13.7. The summed E-state index contributed by atoms with van der Waals surface area (Å²) in [7, 11) is 0. The number of hydrogen-bond acceptors (Lipinski definition) is 6. The Hall–Kier alpha value is -2.67. The number of likely N-dealkylation sites (tertiary alicyclic amines) is 1. The van der Waals surface area contributed by atoms with Crippen LogP contribution in [0.15, 0.2) is 30.6 Å². The van der Waals surface area contributed by atoms with Crippen LogP contribution < -0.4 is 9.47 Å². The van der Waals surface area contributed by atoms with Gasteiger partial charge in [0.05, 0.1) is 41.4 Å². The van der Waals surface area contributed by atoms with E-state index < -0.39 is 0 Å². The van der Waals surface area contributed by atoms with Gasteiger partial charge in [-0.05, 0) is 44.9 Å². The molecule has 1 aliphatic heterocycles. The van der Waals surface area contributed by atoms with Crippen LogP contribution in [0.2, 0.25) is 0 Å². The largest absolute Gasteiger partial charge is 0.491 e. The maximum atomic E-state index is 12.7. The number of nitrogens with zero attached hydrogens (tertiary/aromatic N) is 3. The molecule has 4 rings (SSSR count). The summed E-state index contributed by atoms with van der Waals surface area (Å²) in [5, 5.41) is 0.801. The van der Waals surface area contributed by atoms with E-state index in [1.165, 1.54) is 11.3 Å². The third-order valence-electron chi connectivity index (χ3n) is 4.72. The topological polar surface area (TPSA) is 64.5 Å². The molecule has 0 spiro atoms. The maximum Gasteiger partial charge on any atom is 0.253 e. The molecular weight excluding hydrogens is 374 g/mol. The summed E-state index contributed by atoms with van der Waals surface area (Å²) >= 11 is 1.53. The molecular formula is C21H23N3O3S. The highest BCUT2D eigenvalue weighted by molar-refractivity contribution is 7.21. The minimum absolute atomic E-state index is 0.100. The maximum absolute atomic E-state index is 12.7. The van der Waals surface area contributed by atoms with Crippen LogP contribution >= 0.6 is 11.3 Å². The van der Waals surface area contributed by atoms with E-state index in [-0.39, 0.29) is 5.91 Å². The molecule has 6 nitrogen and oxygen atoms in total. The van der Waals surface area contributed by atoms with Crippen molar-refractivity contribution in [1.82, 2.24) is 14.9 Å². The van der Waals surface area contributed by atoms with E-state index >= 15 is 0 Å². The highest BCUT2D eigenvalue weighted by Gasteiger charge is 2.22. The number of pyridine rings is 1. The molecule has 1 aliphatic rings. The molecule has 0 aliphatic carbocycles. The summed E-state index contributed by atoms with van der Waals surface area (Å²) < 4.78 is 12.5. The van der Waals surface area contributed by atoms with E-state index in [2.05, 4.69) is 4.98 Å². The summed E-state index contributed by atoms with van der Waals surface area (Å²) in [6.45, 7) is 6.62. The average molecular weight is 398 g/mol. The molecule has 0 N–H and O–H groups in total. The lowest BCUT2D eigenvalue weighted by Gasteiger charge is -2.14. The van der Waals surface area contributed by atoms with E-state index in [0.29, 0.717) is 24.7 Å². The van der Waals surface area contributed by atoms with Gasteiger partial charge >= 0.3 is 0 Å². The summed E-state index contributed by atoms with van der Waals surface area (Å²) in [6.07, 6.45) is 5.55. The summed E-state index contributed by atoms with van der Waals surface area (Å²) in [5.41, 5.74) is 2.39. The van der Waals surface area contributed by atoms with Crippen molar-refractivity contribution in [1.29, 1.82) is 0 Å². The van der Waals surface area contributed by atoms with Crippen LogP contribution in [0, 0.1) is 0 Å². The second kappa shape index (κ2) is 8.14. The summed E-state index contributed by atoms with van der Waals surface area (Å²) in [4.78, 5) is 23.6. The van der Waals surface area contributed by atoms with Crippen LogP contribution in [-0.4, -0.2) is 47.1 Å². The SMILES string of the molecule is CCOc1cncc(OCC)c1-c1nc2ccc(C(=O)N3CCCC3)cc2s1. The molecule has 2 aromatic heterocycles. The molecule has 146 valence electrons. The van der Waals surface area contributed by atoms with Crippen molar-refractivity contribution < 1.29 is 14.3 Å². The molecule has 28 heavy (non-hydrogen) atoms. The van der Waals surface area contributed by atoms with Crippen molar-refractivity contribution in [3.63, 3.8) is 0 Å². The number of carbonyl (C=O) groups excluding carboxylic acids is 1. The van der Waals surface area contributed by atoms with Gasteiger partial charge in [-0.25, -0.2) is 4.98 Å². The first kappa shape index (κ1) is 18.7. The van der Waals surface area contributed by atoms with Crippen molar-refractivity contribution in [3.8, 4) is 22.1 Å². The molecule has 3 aromatic rings. The van der Waals surface area contributed by atoms with Gasteiger partial charge in [0.15, 0.2) is 11.5 Å². The Morgan fingerprint density at radius 1 is 1.11 bits per heavy atom. The number of amides is 1. The van der Waals surface area contributed by atoms with Crippen molar-refractivity contribution in [2.24, 2.45) is 0 Å². The fraction of sp³-hybridized carbons (Fsp3) is 0.381. The number of carbonyl (C=O) groups is 1. The zero-order chi connectivity index (χ0) is 19.5. The molecule has 1 saturated heterocycles. The van der Waals surface area contributed by atoms with Gasteiger partial charge in [-0.2, -0.15) is 0 Å². The number of aromatic nitrogens is 2. The fourth-order valence-corrected chi connectivity index (χ4v) is 4.49. The van der Waals surface area contributed by atoms with Gasteiger partial charge in [0, 0.05) is 18.7 Å². The molecule has 0 atom stereocenters. The first-order valence-corrected chi connectivity index (χ1v) is 10.5. The smallest absolute Gasteiger partial charge is 0.253 e. The number of benzene rings is 1. The Balaban J connectivity index is 1.75. The van der Waals surface area contributed by atoms with Crippen molar-refractivity contribution in [2.75, 3.05) is 26.3 Å². The van der Waals surface area contributed by atoms with Crippen LogP contribution in [0.5, 0.6) is 11.5 Å². The second-order valence-corrected chi connectivity index (χ2v) is 7.61. The lowest BCUT2D eigenvalue weighted by atomic mass is 10.2. The van der Waals surface area contributed by atoms with E-state index in [0.717, 1.165) is 52.3 Å². The second-order valence-electron chi connectivity index (χ2n) is 6.58. The molecule has 7 heteroatoms. The van der Waals surface area contributed by atoms with Crippen molar-refractivity contribution >= 4 is 27.5 Å². The van der Waals surface area contributed by atoms with Gasteiger partial charge in [-0.3, -0.25) is 9.78 Å². The average Bonchev–Trinajstić information content (AvgIpc) is 3.37. The minimum atomic E-state index is 0.100. The molecule has 1 aromatic carbocycles. The first-order valence-electron chi connectivity index (χ1n) is 9.65. The van der Waals surface area contributed by atoms with Gasteiger partial charge < -0.3 is 14.4 Å². The molecule has 1 fully saturated rings. The van der Waals surface area contributed by atoms with E-state index in [9.17, 15) is 4.79 Å². The number of hydrogen-bond donors (Lipinski definition) is 0. The fourth-order valence-electron chi connectivity index (χ4n) is 3.43. The monoisotopic (exact) mass is 397 g/mol. The zero-order valence-corrected chi connectivity index (χ0v) is 16.9. The number of fused-ring (bicyclic) bond motifs is 1. The predicted molar refractivity (Wildman–Crippen MR) is 110 cm³/mol. The highest BCUT2D eigenvalue weighted by atomic mass is 32.1. The van der Waals surface area contributed by atoms with Gasteiger partial charge in [0.2, 0.25) is 0 Å². The Morgan fingerprint density at radius 2 is 1.79 bits per heavy atom. The zero-order valence-electron chi connectivity index (χ0n) is 16.1. The van der Waals surface area contributed by atoms with Crippen molar-refractivity contribution in [3.05, 3.63) is 36.2 Å². The van der Waals surface area contributed by atoms with Gasteiger partial charge in [-0.15, -0.1) is 11.3 Å². The molecule has 0 radical (unpaired) electrons. The van der Waals surface area contributed by atoms with Crippen LogP contribution in [0.25, 0.3) is 20.8 Å². The minimum Gasteiger partial charge on any atom is -0.491 e. The van der Waals surface area contributed by atoms with Crippen molar-refractivity contribution in [2.45, 2.75) is 26.7 Å². The number of thiazole rings is 1. The van der Waals surface area contributed by atoms with E-state index in [1.807, 2.05) is 36.9 Å². The normalized spacial score (nSPS) is 13.9. The van der Waals surface area contributed by atoms with Crippen LogP contribution in [0.1, 0.15) is 37.0 Å². The van der Waals surface area contributed by atoms with Crippen LogP contribution in [-0.2, 0) is 0 Å². The molecule has 1 amide bonds. The Kier molecular flexibility index (Phi) is 5.43. The third-order valence-corrected chi connectivity index (χ3v) is 5.75. The lowest BCUT2D eigenvalue weighted by molar-refractivity contribution is 0.0793. The number of rotatable bonds is 6. The summed E-state index contributed by atoms with van der Waals surface area (Å²) in [6, 6.07) is 5.73. The predicted octanol–water partition coefficient (Wildman–Crippen LogP) is 4.39. The van der Waals surface area contributed by atoms with E-state index in [1.54, 1.807) is 12.4 Å². The van der Waals surface area contributed by atoms with Gasteiger partial charge in [0.1, 0.15) is 5.01 Å². The van der Waals surface area contributed by atoms with Gasteiger partial charge in [-0.1, -0.05) is 0 Å². The van der Waals surface area contributed by atoms with Crippen LogP contribution in [0.3, 0.4) is 0 Å². The quantitative estimate of drug-likeness (QED) is 0.617. The highest BCUT2D eigenvalue weighted by Crippen LogP contribution is 2.41. The Morgan fingerprint density at radius 3 is 2.43 bits per heavy atom. The standard InChI is InChI=1S/C21H23N3O3S/c1-3-26-16-12-22-13-17(27-4-2)19(16)20-23-15-8-7-14(11-18(15)28-20)21(25)24-9-5-6-10-24/h7-8,11-13H,3-6,9-10H2,1-2H3. The lowest BCUT2D eigenvalue weighted by Crippen LogP contribution is -2.27. The Bertz CT molecular complexity index is 971. The van der Waals surface area contributed by atoms with Gasteiger partial charge in [0.25, 0.3) is 5.91 Å².